The second-order valence-corrected chi connectivity index (χ2v) is 12.1. The number of rotatable bonds is 8. The normalized spacial score (nSPS) is 21.7. The Morgan fingerprint density at radius 3 is 2.59 bits per heavy atom. The first kappa shape index (κ1) is 27.1. The molecule has 3 heterocycles. The van der Waals surface area contributed by atoms with Gasteiger partial charge in [0.1, 0.15) is 11.3 Å². The molecule has 37 heavy (non-hydrogen) atoms. The van der Waals surface area contributed by atoms with Crippen LogP contribution in [0.1, 0.15) is 72.1 Å². The summed E-state index contributed by atoms with van der Waals surface area (Å²) in [5.74, 6) is -0.541. The van der Waals surface area contributed by atoms with E-state index >= 15 is 0 Å². The molecule has 2 aromatic heterocycles. The molecular weight excluding hydrogens is 508 g/mol. The van der Waals surface area contributed by atoms with Crippen molar-refractivity contribution in [1.82, 2.24) is 19.9 Å². The minimum Gasteiger partial charge on any atom is -0.496 e. The van der Waals surface area contributed by atoms with Crippen LogP contribution < -0.4 is 4.74 Å². The van der Waals surface area contributed by atoms with Crippen molar-refractivity contribution in [1.29, 1.82) is 0 Å². The van der Waals surface area contributed by atoms with Crippen molar-refractivity contribution in [2.45, 2.75) is 56.5 Å². The van der Waals surface area contributed by atoms with E-state index in [1.807, 2.05) is 12.3 Å². The van der Waals surface area contributed by atoms with Gasteiger partial charge in [-0.2, -0.15) is 11.8 Å². The van der Waals surface area contributed by atoms with Crippen LogP contribution >= 0.6 is 23.1 Å². The van der Waals surface area contributed by atoms with Crippen molar-refractivity contribution in [3.05, 3.63) is 70.2 Å². The first-order valence-electron chi connectivity index (χ1n) is 12.0. The summed E-state index contributed by atoms with van der Waals surface area (Å²) in [6.07, 6.45) is 9.04. The smallest absolute Gasteiger partial charge is 0.329 e. The van der Waals surface area contributed by atoms with Gasteiger partial charge in [-0.1, -0.05) is 26.8 Å². The number of nitrogens with zero attached hydrogens (tertiary/aromatic N) is 4. The highest BCUT2D eigenvalue weighted by Gasteiger charge is 2.59. The van der Waals surface area contributed by atoms with Crippen molar-refractivity contribution >= 4 is 35.0 Å². The van der Waals surface area contributed by atoms with E-state index < -0.39 is 17.6 Å². The molecule has 1 saturated heterocycles. The maximum atomic E-state index is 14.4. The predicted octanol–water partition coefficient (Wildman–Crippen LogP) is 5.19. The molecule has 1 fully saturated rings. The molecule has 0 unspecified atom stereocenters. The molecule has 1 aromatic carbocycles. The Morgan fingerprint density at radius 1 is 1.24 bits per heavy atom. The van der Waals surface area contributed by atoms with E-state index in [0.717, 1.165) is 10.4 Å². The zero-order valence-corrected chi connectivity index (χ0v) is 23.3. The molecule has 8 nitrogen and oxygen atoms in total. The number of likely N-dealkylation sites (tertiary alicyclic amines) is 1. The van der Waals surface area contributed by atoms with Gasteiger partial charge in [0.2, 0.25) is 0 Å². The fourth-order valence-corrected chi connectivity index (χ4v) is 6.50. The monoisotopic (exact) mass is 540 g/mol. The van der Waals surface area contributed by atoms with Crippen molar-refractivity contribution in [2.75, 3.05) is 19.1 Å². The number of aromatic nitrogens is 3. The molecule has 0 spiro atoms. The third-order valence-electron chi connectivity index (χ3n) is 6.98. The number of hydrogen-bond donors (Lipinski definition) is 1. The maximum Gasteiger partial charge on any atom is 0.329 e. The average molecular weight is 541 g/mol. The Bertz CT molecular complexity index is 1250. The Labute approximate surface area is 225 Å². The minimum absolute atomic E-state index is 0.189. The summed E-state index contributed by atoms with van der Waals surface area (Å²) < 4.78 is 5.66. The lowest BCUT2D eigenvalue weighted by Gasteiger charge is -2.38. The molecule has 1 amide bonds. The lowest BCUT2D eigenvalue weighted by molar-refractivity contribution is -0.149. The second-order valence-electron chi connectivity index (χ2n) is 10.2. The fraction of sp³-hybridized carbons (Fsp3) is 0.444. The van der Waals surface area contributed by atoms with Crippen molar-refractivity contribution in [2.24, 2.45) is 0 Å². The second kappa shape index (κ2) is 10.8. The Kier molecular flexibility index (Phi) is 7.89. The van der Waals surface area contributed by atoms with Crippen LogP contribution in [0.4, 0.5) is 0 Å². The van der Waals surface area contributed by atoms with Gasteiger partial charge in [-0.05, 0) is 48.0 Å². The first-order chi connectivity index (χ1) is 17.6. The van der Waals surface area contributed by atoms with E-state index in [9.17, 15) is 14.7 Å². The highest BCUT2D eigenvalue weighted by molar-refractivity contribution is 7.98. The summed E-state index contributed by atoms with van der Waals surface area (Å²) in [5.41, 5.74) is 2.10. The van der Waals surface area contributed by atoms with E-state index in [2.05, 4.69) is 35.7 Å². The number of thiazole rings is 1. The number of aliphatic carboxylic acids is 1. The summed E-state index contributed by atoms with van der Waals surface area (Å²) in [7, 11) is 1.58. The van der Waals surface area contributed by atoms with Gasteiger partial charge in [0.25, 0.3) is 5.91 Å². The van der Waals surface area contributed by atoms with E-state index in [1.165, 1.54) is 11.3 Å². The van der Waals surface area contributed by atoms with Gasteiger partial charge in [-0.3, -0.25) is 19.7 Å². The van der Waals surface area contributed by atoms with E-state index in [4.69, 9.17) is 4.74 Å². The van der Waals surface area contributed by atoms with Gasteiger partial charge in [0, 0.05) is 41.1 Å². The number of carbonyl (C=O) groups is 2. The van der Waals surface area contributed by atoms with Crippen LogP contribution in [-0.4, -0.2) is 61.5 Å². The van der Waals surface area contributed by atoms with Crippen LogP contribution in [0.3, 0.4) is 0 Å². The fourth-order valence-electron chi connectivity index (χ4n) is 5.18. The zero-order valence-electron chi connectivity index (χ0n) is 21.7. The molecule has 4 rings (SSSR count). The highest BCUT2D eigenvalue weighted by atomic mass is 32.2. The Morgan fingerprint density at radius 2 is 2.03 bits per heavy atom. The molecule has 0 saturated carbocycles. The zero-order chi connectivity index (χ0) is 26.8. The third-order valence-corrected chi connectivity index (χ3v) is 8.44. The van der Waals surface area contributed by atoms with Gasteiger partial charge in [0.15, 0.2) is 0 Å². The summed E-state index contributed by atoms with van der Waals surface area (Å²) in [5, 5.41) is 10.7. The summed E-state index contributed by atoms with van der Waals surface area (Å²) in [6, 6.07) is 4.84. The molecule has 1 N–H and O–H groups in total. The first-order valence-corrected chi connectivity index (χ1v) is 14.3. The van der Waals surface area contributed by atoms with E-state index in [0.29, 0.717) is 29.2 Å². The molecular formula is C27H32N4O4S2. The van der Waals surface area contributed by atoms with Crippen LogP contribution in [0.25, 0.3) is 0 Å². The number of thioether (sulfide) groups is 1. The van der Waals surface area contributed by atoms with Crippen molar-refractivity contribution < 1.29 is 19.4 Å². The van der Waals surface area contributed by atoms with Crippen molar-refractivity contribution in [3.8, 4) is 5.75 Å². The molecule has 3 atom stereocenters. The average Bonchev–Trinajstić information content (AvgIpc) is 3.53. The number of methoxy groups -OCH3 is 1. The maximum absolute atomic E-state index is 14.4. The molecule has 1 aliphatic heterocycles. The number of benzene rings is 1. The molecule has 1 aliphatic rings. The van der Waals surface area contributed by atoms with Crippen LogP contribution in [0, 0.1) is 0 Å². The van der Waals surface area contributed by atoms with E-state index in [1.54, 1.807) is 66.2 Å². The third kappa shape index (κ3) is 5.09. The number of carboxylic acids is 1. The Hall–Kier alpha value is -2.98. The largest absolute Gasteiger partial charge is 0.496 e. The Balaban J connectivity index is 1.91. The van der Waals surface area contributed by atoms with E-state index in [-0.39, 0.29) is 23.7 Å². The molecule has 10 heteroatoms. The standard InChI is InChI=1S/C27H32N4O4S2/c1-26(2,3)19-7-6-17(12-21(19)35-4)24(32)31-23(22-15-29-16-37-22)18(20-14-28-9-10-30-20)13-27(31,25(33)34)8-11-36-5/h6-7,9-10,12,14-16,18,23H,8,11,13H2,1-5H3,(H,33,34)/t18-,23-,27-/m1/s1. The van der Waals surface area contributed by atoms with Crippen molar-refractivity contribution in [3.63, 3.8) is 0 Å². The van der Waals surface area contributed by atoms with Gasteiger partial charge >= 0.3 is 5.97 Å². The van der Waals surface area contributed by atoms with Gasteiger partial charge in [-0.15, -0.1) is 11.3 Å². The topological polar surface area (TPSA) is 106 Å². The molecule has 0 aliphatic carbocycles. The molecule has 0 radical (unpaired) electrons. The number of hydrogen-bond acceptors (Lipinski definition) is 8. The van der Waals surface area contributed by atoms with Crippen LogP contribution in [0.5, 0.6) is 5.75 Å². The number of carbonyl (C=O) groups excluding carboxylic acids is 1. The summed E-state index contributed by atoms with van der Waals surface area (Å²) >= 11 is 2.97. The minimum atomic E-state index is -1.42. The number of ether oxygens (including phenoxy) is 1. The SMILES string of the molecule is COc1cc(C(=O)N2[C@@H](c3cncs3)[C@@H](c3cnccn3)C[C@]2(CCSC)C(=O)O)ccc1C(C)(C)C. The highest BCUT2D eigenvalue weighted by Crippen LogP contribution is 2.54. The summed E-state index contributed by atoms with van der Waals surface area (Å²) in [6.45, 7) is 6.24. The van der Waals surface area contributed by atoms with Gasteiger partial charge in [-0.25, -0.2) is 4.79 Å². The molecule has 196 valence electrons. The van der Waals surface area contributed by atoms with Crippen LogP contribution in [0.15, 0.2) is 48.5 Å². The predicted molar refractivity (Wildman–Crippen MR) is 145 cm³/mol. The quantitative estimate of drug-likeness (QED) is 0.416. The lowest BCUT2D eigenvalue weighted by atomic mass is 9.85. The summed E-state index contributed by atoms with van der Waals surface area (Å²) in [4.78, 5) is 42.9. The van der Waals surface area contributed by atoms with Crippen LogP contribution in [-0.2, 0) is 10.2 Å². The molecule has 3 aromatic rings. The van der Waals surface area contributed by atoms with Gasteiger partial charge < -0.3 is 14.7 Å². The lowest BCUT2D eigenvalue weighted by Crippen LogP contribution is -2.54. The van der Waals surface area contributed by atoms with Gasteiger partial charge in [0.05, 0.1) is 24.4 Å². The number of amides is 1. The van der Waals surface area contributed by atoms with Crippen LogP contribution in [0.2, 0.25) is 0 Å². The number of carboxylic acid groups (broad SMARTS) is 1. The molecule has 0 bridgehead atoms.